The summed E-state index contributed by atoms with van der Waals surface area (Å²) in [7, 11) is 0. The van der Waals surface area contributed by atoms with E-state index in [0.29, 0.717) is 0 Å². The van der Waals surface area contributed by atoms with Gasteiger partial charge in [-0.2, -0.15) is 5.10 Å². The number of rotatable bonds is 4. The van der Waals surface area contributed by atoms with E-state index < -0.39 is 0 Å². The highest BCUT2D eigenvalue weighted by molar-refractivity contribution is 7.17. The molecule has 3 heterocycles. The van der Waals surface area contributed by atoms with Crippen LogP contribution in [0.1, 0.15) is 5.56 Å². The third-order valence-electron chi connectivity index (χ3n) is 3.42. The molecule has 0 fully saturated rings. The number of thiophene rings is 2. The third kappa shape index (κ3) is 2.46. The van der Waals surface area contributed by atoms with Gasteiger partial charge in [0.25, 0.3) is 0 Å². The number of aromatic nitrogens is 2. The van der Waals surface area contributed by atoms with Crippen molar-refractivity contribution in [2.45, 2.75) is 6.54 Å². The van der Waals surface area contributed by atoms with Gasteiger partial charge in [0.1, 0.15) is 0 Å². The molecule has 0 bridgehead atoms. The number of nitrogens with one attached hydrogen (secondary N) is 2. The molecule has 0 spiro atoms. The standard InChI is InChI=1S/C16H13N3S2/c1-2-15(20-6-1)16-12(10-18-19-16)9-17-13-3-4-14-11(8-13)5-7-21-14/h1-8,10,17H,9H2,(H,18,19). The maximum absolute atomic E-state index is 4.18. The van der Waals surface area contributed by atoms with Gasteiger partial charge in [0.15, 0.2) is 0 Å². The first-order valence-electron chi connectivity index (χ1n) is 6.67. The van der Waals surface area contributed by atoms with Gasteiger partial charge < -0.3 is 5.32 Å². The Morgan fingerprint density at radius 3 is 3.00 bits per heavy atom. The summed E-state index contributed by atoms with van der Waals surface area (Å²) >= 11 is 3.49. The van der Waals surface area contributed by atoms with Crippen LogP contribution in [-0.2, 0) is 6.54 Å². The van der Waals surface area contributed by atoms with E-state index in [2.05, 4.69) is 62.7 Å². The molecule has 0 unspecified atom stereocenters. The van der Waals surface area contributed by atoms with Crippen molar-refractivity contribution in [1.29, 1.82) is 0 Å². The second-order valence-corrected chi connectivity index (χ2v) is 6.67. The Morgan fingerprint density at radius 2 is 2.10 bits per heavy atom. The van der Waals surface area contributed by atoms with Crippen molar-refractivity contribution in [3.8, 4) is 10.6 Å². The minimum atomic E-state index is 0.763. The fraction of sp³-hybridized carbons (Fsp3) is 0.0625. The molecule has 21 heavy (non-hydrogen) atoms. The molecule has 3 nitrogen and oxygen atoms in total. The molecule has 3 aromatic heterocycles. The number of H-pyrrole nitrogens is 1. The Labute approximate surface area is 130 Å². The Morgan fingerprint density at radius 1 is 1.10 bits per heavy atom. The summed E-state index contributed by atoms with van der Waals surface area (Å²) < 4.78 is 1.32. The molecule has 0 aliphatic heterocycles. The molecule has 2 N–H and O–H groups in total. The zero-order valence-corrected chi connectivity index (χ0v) is 12.8. The fourth-order valence-electron chi connectivity index (χ4n) is 2.35. The molecule has 1 aromatic carbocycles. The number of benzene rings is 1. The third-order valence-corrected chi connectivity index (χ3v) is 5.21. The fourth-order valence-corrected chi connectivity index (χ4v) is 3.88. The van der Waals surface area contributed by atoms with Gasteiger partial charge >= 0.3 is 0 Å². The highest BCUT2D eigenvalue weighted by atomic mass is 32.1. The van der Waals surface area contributed by atoms with Gasteiger partial charge in [-0.05, 0) is 46.5 Å². The molecular weight excluding hydrogens is 298 g/mol. The van der Waals surface area contributed by atoms with E-state index in [0.717, 1.165) is 17.9 Å². The van der Waals surface area contributed by atoms with Gasteiger partial charge in [-0.1, -0.05) is 6.07 Å². The Kier molecular flexibility index (Phi) is 3.21. The maximum Gasteiger partial charge on any atom is 0.0799 e. The smallest absolute Gasteiger partial charge is 0.0799 e. The van der Waals surface area contributed by atoms with Gasteiger partial charge in [0.2, 0.25) is 0 Å². The van der Waals surface area contributed by atoms with Gasteiger partial charge in [0, 0.05) is 22.5 Å². The van der Waals surface area contributed by atoms with Crippen LogP contribution in [0.3, 0.4) is 0 Å². The number of anilines is 1. The molecule has 0 saturated carbocycles. The van der Waals surface area contributed by atoms with Gasteiger partial charge in [-0.25, -0.2) is 0 Å². The lowest BCUT2D eigenvalue weighted by Gasteiger charge is -2.06. The van der Waals surface area contributed by atoms with Crippen LogP contribution in [0.2, 0.25) is 0 Å². The van der Waals surface area contributed by atoms with Crippen LogP contribution in [0.5, 0.6) is 0 Å². The zero-order valence-electron chi connectivity index (χ0n) is 11.2. The topological polar surface area (TPSA) is 40.7 Å². The van der Waals surface area contributed by atoms with Crippen molar-refractivity contribution >= 4 is 38.4 Å². The molecule has 5 heteroatoms. The number of nitrogens with zero attached hydrogens (tertiary/aromatic N) is 1. The van der Waals surface area contributed by atoms with Gasteiger partial charge in [-0.3, -0.25) is 5.10 Å². The first-order chi connectivity index (χ1) is 10.4. The normalized spacial score (nSPS) is 11.0. The van der Waals surface area contributed by atoms with Crippen molar-refractivity contribution in [2.75, 3.05) is 5.32 Å². The Balaban J connectivity index is 1.55. The summed E-state index contributed by atoms with van der Waals surface area (Å²) in [5, 5.41) is 16.2. The van der Waals surface area contributed by atoms with Crippen molar-refractivity contribution in [3.05, 3.63) is 58.9 Å². The van der Waals surface area contributed by atoms with Crippen molar-refractivity contribution in [2.24, 2.45) is 0 Å². The number of hydrogen-bond acceptors (Lipinski definition) is 4. The van der Waals surface area contributed by atoms with Crippen LogP contribution in [0, 0.1) is 0 Å². The lowest BCUT2D eigenvalue weighted by Crippen LogP contribution is -1.99. The van der Waals surface area contributed by atoms with E-state index in [1.165, 1.54) is 20.5 Å². The first-order valence-corrected chi connectivity index (χ1v) is 8.43. The highest BCUT2D eigenvalue weighted by Crippen LogP contribution is 2.27. The minimum absolute atomic E-state index is 0.763. The summed E-state index contributed by atoms with van der Waals surface area (Å²) in [5.41, 5.74) is 3.43. The lowest BCUT2D eigenvalue weighted by atomic mass is 10.2. The predicted molar refractivity (Wildman–Crippen MR) is 91.1 cm³/mol. The van der Waals surface area contributed by atoms with Crippen molar-refractivity contribution < 1.29 is 0 Å². The summed E-state index contributed by atoms with van der Waals surface area (Å²) in [6.45, 7) is 0.763. The molecule has 4 rings (SSSR count). The SMILES string of the molecule is c1csc(-c2[nH]ncc2CNc2ccc3sccc3c2)c1. The molecule has 0 amide bonds. The Bertz CT molecular complexity index is 859. The average Bonchev–Trinajstić information content (AvgIpc) is 3.24. The number of hydrogen-bond donors (Lipinski definition) is 2. The van der Waals surface area contributed by atoms with E-state index in [1.54, 1.807) is 22.7 Å². The second-order valence-electron chi connectivity index (χ2n) is 4.77. The molecule has 0 atom stereocenters. The van der Waals surface area contributed by atoms with Gasteiger partial charge in [-0.15, -0.1) is 22.7 Å². The molecule has 0 aliphatic carbocycles. The largest absolute Gasteiger partial charge is 0.381 e. The highest BCUT2D eigenvalue weighted by Gasteiger charge is 2.08. The number of fused-ring (bicyclic) bond motifs is 1. The van der Waals surface area contributed by atoms with Crippen LogP contribution < -0.4 is 5.32 Å². The quantitative estimate of drug-likeness (QED) is 0.559. The monoisotopic (exact) mass is 311 g/mol. The molecule has 104 valence electrons. The first kappa shape index (κ1) is 12.6. The van der Waals surface area contributed by atoms with E-state index in [4.69, 9.17) is 0 Å². The van der Waals surface area contributed by atoms with Crippen molar-refractivity contribution in [1.82, 2.24) is 10.2 Å². The molecule has 0 aliphatic rings. The summed E-state index contributed by atoms with van der Waals surface area (Å²) in [5.74, 6) is 0. The number of aromatic amines is 1. The van der Waals surface area contributed by atoms with Crippen molar-refractivity contribution in [3.63, 3.8) is 0 Å². The van der Waals surface area contributed by atoms with Crippen LogP contribution in [0.25, 0.3) is 20.7 Å². The summed E-state index contributed by atoms with van der Waals surface area (Å²) in [4.78, 5) is 1.22. The van der Waals surface area contributed by atoms with E-state index in [1.807, 2.05) is 6.20 Å². The lowest BCUT2D eigenvalue weighted by molar-refractivity contribution is 1.10. The zero-order chi connectivity index (χ0) is 14.1. The molecular formula is C16H13N3S2. The van der Waals surface area contributed by atoms with Crippen LogP contribution in [0.4, 0.5) is 5.69 Å². The average molecular weight is 311 g/mol. The Hall–Kier alpha value is -2.11. The molecule has 0 saturated heterocycles. The second kappa shape index (κ2) is 5.35. The maximum atomic E-state index is 4.18. The summed E-state index contributed by atoms with van der Waals surface area (Å²) in [6.07, 6.45) is 1.89. The summed E-state index contributed by atoms with van der Waals surface area (Å²) in [6, 6.07) is 12.8. The molecule has 4 aromatic rings. The van der Waals surface area contributed by atoms with Gasteiger partial charge in [0.05, 0.1) is 16.8 Å². The molecule has 0 radical (unpaired) electrons. The van der Waals surface area contributed by atoms with Crippen LogP contribution in [-0.4, -0.2) is 10.2 Å². The van der Waals surface area contributed by atoms with Crippen LogP contribution >= 0.6 is 22.7 Å². The van der Waals surface area contributed by atoms with E-state index >= 15 is 0 Å². The van der Waals surface area contributed by atoms with E-state index in [-0.39, 0.29) is 0 Å². The minimum Gasteiger partial charge on any atom is -0.381 e. The van der Waals surface area contributed by atoms with Crippen LogP contribution in [0.15, 0.2) is 53.4 Å². The van der Waals surface area contributed by atoms with E-state index in [9.17, 15) is 0 Å². The predicted octanol–water partition coefficient (Wildman–Crippen LogP) is 4.97.